The smallest absolute Gasteiger partial charge is 0.205 e. The zero-order valence-electron chi connectivity index (χ0n) is 7.88. The van der Waals surface area contributed by atoms with E-state index in [0.717, 1.165) is 5.75 Å². The van der Waals surface area contributed by atoms with Gasteiger partial charge in [0.05, 0.1) is 0 Å². The highest BCUT2D eigenvalue weighted by molar-refractivity contribution is 8.12. The first-order chi connectivity index (χ1) is 5.83. The summed E-state index contributed by atoms with van der Waals surface area (Å²) in [6.07, 6.45) is 0. The van der Waals surface area contributed by atoms with Gasteiger partial charge in [0.15, 0.2) is 0 Å². The Kier molecular flexibility index (Phi) is 7.00. The number of hydrogen-bond acceptors (Lipinski definition) is 1. The van der Waals surface area contributed by atoms with Gasteiger partial charge >= 0.3 is 0 Å². The average molecular weight is 260 g/mol. The van der Waals surface area contributed by atoms with Crippen LogP contribution in [0.2, 0.25) is 0 Å². The number of hydrogen-bond donors (Lipinski definition) is 1. The lowest BCUT2D eigenvalue weighted by Gasteiger charge is -1.96. The Bertz CT molecular complexity index is 259. The van der Waals surface area contributed by atoms with Crippen molar-refractivity contribution >= 4 is 16.8 Å². The fourth-order valence-corrected chi connectivity index (χ4v) is 1.56. The Morgan fingerprint density at radius 2 is 1.92 bits per heavy atom. The fourth-order valence-electron chi connectivity index (χ4n) is 0.838. The first kappa shape index (κ1) is 12.7. The molecule has 72 valence electrons. The maximum absolute atomic E-state index is 3.11. The van der Waals surface area contributed by atoms with E-state index in [-0.39, 0.29) is 17.0 Å². The molecule has 0 saturated heterocycles. The van der Waals surface area contributed by atoms with Gasteiger partial charge in [0.1, 0.15) is 7.05 Å². The van der Waals surface area contributed by atoms with E-state index in [1.54, 1.807) is 0 Å². The second kappa shape index (κ2) is 7.15. The first-order valence-electron chi connectivity index (χ1n) is 4.01. The Morgan fingerprint density at radius 1 is 1.31 bits per heavy atom. The van der Waals surface area contributed by atoms with Gasteiger partial charge in [0.25, 0.3) is 0 Å². The molecule has 0 unspecified atom stereocenters. The fraction of sp³-hybridized carbons (Fsp3) is 0.300. The molecule has 0 aliphatic heterocycles. The minimum absolute atomic E-state index is 0. The molecule has 0 radical (unpaired) electrons. The summed E-state index contributed by atoms with van der Waals surface area (Å²) in [6.45, 7) is 2.09. The van der Waals surface area contributed by atoms with Crippen LogP contribution in [-0.2, 0) is 5.75 Å². The normalized spacial score (nSPS) is 10.8. The van der Waals surface area contributed by atoms with Crippen LogP contribution >= 0.6 is 11.8 Å². The van der Waals surface area contributed by atoms with Crippen LogP contribution in [-0.4, -0.2) is 12.1 Å². The van der Waals surface area contributed by atoms with Crippen LogP contribution in [0.25, 0.3) is 0 Å². The van der Waals surface area contributed by atoms with Gasteiger partial charge in [-0.3, -0.25) is 0 Å². The summed E-state index contributed by atoms with van der Waals surface area (Å²) in [5.74, 6) is 1.05. The molecule has 0 atom stereocenters. The monoisotopic (exact) mass is 259 g/mol. The lowest BCUT2D eigenvalue weighted by molar-refractivity contribution is -0.416. The zero-order chi connectivity index (χ0) is 8.81. The van der Waals surface area contributed by atoms with Crippen molar-refractivity contribution in [3.8, 4) is 0 Å². The molecule has 0 aliphatic carbocycles. The maximum Gasteiger partial charge on any atom is 0.205 e. The Balaban J connectivity index is 0.00000144. The Labute approximate surface area is 94.4 Å². The first-order valence-corrected chi connectivity index (χ1v) is 4.99. The molecule has 1 rings (SSSR count). The number of nitrogens with one attached hydrogen (secondary N) is 1. The van der Waals surface area contributed by atoms with Crippen molar-refractivity contribution in [3.63, 3.8) is 0 Å². The van der Waals surface area contributed by atoms with Gasteiger partial charge in [-0.25, -0.2) is 4.99 Å². The van der Waals surface area contributed by atoms with Crippen LogP contribution in [0.5, 0.6) is 0 Å². The van der Waals surface area contributed by atoms with Crippen molar-refractivity contribution in [3.05, 3.63) is 35.9 Å². The lowest BCUT2D eigenvalue weighted by atomic mass is 10.2. The minimum atomic E-state index is 0. The van der Waals surface area contributed by atoms with Crippen molar-refractivity contribution < 1.29 is 22.0 Å². The van der Waals surface area contributed by atoms with Crippen molar-refractivity contribution in [2.45, 2.75) is 12.7 Å². The topological polar surface area (TPSA) is 14.0 Å². The number of benzene rings is 1. The van der Waals surface area contributed by atoms with Crippen LogP contribution in [0.1, 0.15) is 12.5 Å². The zero-order valence-corrected chi connectivity index (χ0v) is 10.3. The van der Waals surface area contributed by atoms with Crippen molar-refractivity contribution in [2.75, 3.05) is 7.05 Å². The van der Waals surface area contributed by atoms with E-state index in [1.807, 2.05) is 24.9 Å². The lowest BCUT2D eigenvalue weighted by Crippen LogP contribution is -3.00. The molecule has 1 N–H and O–H groups in total. The summed E-state index contributed by atoms with van der Waals surface area (Å²) in [5.41, 5.74) is 1.37. The van der Waals surface area contributed by atoms with Crippen LogP contribution < -0.4 is 22.0 Å². The molecule has 0 heterocycles. The summed E-state index contributed by atoms with van der Waals surface area (Å²) in [6, 6.07) is 10.5. The van der Waals surface area contributed by atoms with Crippen molar-refractivity contribution in [1.29, 1.82) is 0 Å². The summed E-state index contributed by atoms with van der Waals surface area (Å²) < 4.78 is 0. The molecule has 0 bridgehead atoms. The van der Waals surface area contributed by atoms with Gasteiger partial charge in [0.2, 0.25) is 5.04 Å². The van der Waals surface area contributed by atoms with Gasteiger partial charge in [-0.05, 0) is 5.56 Å². The molecule has 0 aromatic heterocycles. The van der Waals surface area contributed by atoms with E-state index >= 15 is 0 Å². The van der Waals surface area contributed by atoms with Crippen molar-refractivity contribution in [2.24, 2.45) is 0 Å². The van der Waals surface area contributed by atoms with E-state index in [9.17, 15) is 0 Å². The van der Waals surface area contributed by atoms with Crippen LogP contribution in [0.3, 0.4) is 0 Å². The molecule has 1 aromatic rings. The van der Waals surface area contributed by atoms with Crippen molar-refractivity contribution in [1.82, 2.24) is 0 Å². The van der Waals surface area contributed by atoms with E-state index in [4.69, 9.17) is 0 Å². The van der Waals surface area contributed by atoms with E-state index in [0.29, 0.717) is 0 Å². The molecule has 0 aliphatic rings. The van der Waals surface area contributed by atoms with Gasteiger partial charge < -0.3 is 17.0 Å². The average Bonchev–Trinajstić information content (AvgIpc) is 2.16. The molecule has 0 fully saturated rings. The molecule has 13 heavy (non-hydrogen) atoms. The van der Waals surface area contributed by atoms with Gasteiger partial charge in [-0.1, -0.05) is 42.1 Å². The third-order valence-corrected chi connectivity index (χ3v) is 2.77. The van der Waals surface area contributed by atoms with E-state index in [2.05, 4.69) is 36.2 Å². The molecule has 1 aromatic carbocycles. The minimum Gasteiger partial charge on any atom is -1.00 e. The number of rotatable bonds is 2. The van der Waals surface area contributed by atoms with Gasteiger partial charge in [0, 0.05) is 12.7 Å². The summed E-state index contributed by atoms with van der Waals surface area (Å²) >= 11 is 1.84. The highest BCUT2D eigenvalue weighted by Gasteiger charge is 1.97. The molecule has 0 saturated carbocycles. The van der Waals surface area contributed by atoms with E-state index in [1.165, 1.54) is 10.6 Å². The standard InChI is InChI=1S/C10H13NS.BrH/c1-9(11-2)12-8-10-6-4-3-5-7-10;/h3-7H,8H2,1-2H3;1H. The molecule has 3 heteroatoms. The summed E-state index contributed by atoms with van der Waals surface area (Å²) in [7, 11) is 1.95. The Hall–Kier alpha value is -0.280. The van der Waals surface area contributed by atoms with Gasteiger partial charge in [-0.15, -0.1) is 0 Å². The van der Waals surface area contributed by atoms with Crippen LogP contribution in [0, 0.1) is 0 Å². The highest BCUT2D eigenvalue weighted by atomic mass is 79.9. The number of halogens is 1. The third-order valence-electron chi connectivity index (χ3n) is 1.65. The SMILES string of the molecule is C[NH+]=C(C)SCc1ccccc1.[Br-]. The maximum atomic E-state index is 3.11. The summed E-state index contributed by atoms with van der Waals surface area (Å²) in [4.78, 5) is 3.11. The van der Waals surface area contributed by atoms with Crippen LogP contribution in [0.15, 0.2) is 30.3 Å². The van der Waals surface area contributed by atoms with Gasteiger partial charge in [-0.2, -0.15) is 0 Å². The second-order valence-electron chi connectivity index (χ2n) is 2.58. The molecular formula is C10H14BrNS. The molecule has 1 nitrogen and oxygen atoms in total. The third kappa shape index (κ3) is 5.11. The van der Waals surface area contributed by atoms with Crippen LogP contribution in [0.4, 0.5) is 0 Å². The molecule has 0 spiro atoms. The molecule has 0 amide bonds. The highest BCUT2D eigenvalue weighted by Crippen LogP contribution is 2.10. The summed E-state index contributed by atoms with van der Waals surface area (Å²) in [5, 5.41) is 1.26. The molecular weight excluding hydrogens is 246 g/mol. The quantitative estimate of drug-likeness (QED) is 0.482. The Morgan fingerprint density at radius 3 is 2.46 bits per heavy atom. The second-order valence-corrected chi connectivity index (χ2v) is 3.77. The van der Waals surface area contributed by atoms with E-state index < -0.39 is 0 Å². The largest absolute Gasteiger partial charge is 1.00 e. The predicted molar refractivity (Wildman–Crippen MR) is 55.3 cm³/mol. The predicted octanol–water partition coefficient (Wildman–Crippen LogP) is -1.95. The number of thioether (sulfide) groups is 1.